The second-order valence-corrected chi connectivity index (χ2v) is 3.73. The van der Waals surface area contributed by atoms with Gasteiger partial charge < -0.3 is 5.11 Å². The zero-order chi connectivity index (χ0) is 9.90. The lowest BCUT2D eigenvalue weighted by Crippen LogP contribution is -2.21. The van der Waals surface area contributed by atoms with Crippen molar-refractivity contribution < 1.29 is 9.90 Å². The Morgan fingerprint density at radius 3 is 2.69 bits per heavy atom. The number of rotatable bonds is 3. The van der Waals surface area contributed by atoms with Gasteiger partial charge in [-0.3, -0.25) is 4.79 Å². The van der Waals surface area contributed by atoms with Crippen LogP contribution >= 0.6 is 0 Å². The van der Waals surface area contributed by atoms with Gasteiger partial charge in [-0.25, -0.2) is 0 Å². The van der Waals surface area contributed by atoms with E-state index in [1.54, 1.807) is 6.07 Å². The van der Waals surface area contributed by atoms with Crippen LogP contribution in [0.3, 0.4) is 0 Å². The molecule has 1 radical (unpaired) electrons. The van der Waals surface area contributed by atoms with Crippen LogP contribution in [0, 0.1) is 6.07 Å². The molecule has 0 aliphatic carbocycles. The van der Waals surface area contributed by atoms with Crippen molar-refractivity contribution >= 4 is 5.97 Å². The summed E-state index contributed by atoms with van der Waals surface area (Å²) in [6.45, 7) is 3.82. The van der Waals surface area contributed by atoms with Gasteiger partial charge >= 0.3 is 5.97 Å². The lowest BCUT2D eigenvalue weighted by Gasteiger charge is -2.22. The molecule has 0 spiro atoms. The molecule has 0 aliphatic heterocycles. The molecule has 1 N–H and O–H groups in total. The van der Waals surface area contributed by atoms with Gasteiger partial charge in [0, 0.05) is 5.41 Å². The first-order chi connectivity index (χ1) is 6.02. The van der Waals surface area contributed by atoms with Crippen LogP contribution < -0.4 is 0 Å². The zero-order valence-corrected chi connectivity index (χ0v) is 7.87. The fraction of sp³-hybridized carbons (Fsp3) is 0.364. The molecule has 2 heteroatoms. The van der Waals surface area contributed by atoms with Crippen molar-refractivity contribution in [2.75, 3.05) is 0 Å². The van der Waals surface area contributed by atoms with Crippen LogP contribution in [0.25, 0.3) is 0 Å². The summed E-state index contributed by atoms with van der Waals surface area (Å²) in [6, 6.07) is 10.5. The topological polar surface area (TPSA) is 37.3 Å². The van der Waals surface area contributed by atoms with Crippen molar-refractivity contribution in [2.45, 2.75) is 25.7 Å². The minimum Gasteiger partial charge on any atom is -0.481 e. The molecular formula is C11H13O2. The number of carboxylic acid groups (broad SMARTS) is 1. The maximum atomic E-state index is 10.6. The average Bonchev–Trinajstić information content (AvgIpc) is 2.04. The Balaban J connectivity index is 2.87. The van der Waals surface area contributed by atoms with Crippen molar-refractivity contribution in [3.05, 3.63) is 35.9 Å². The summed E-state index contributed by atoms with van der Waals surface area (Å²) >= 11 is 0. The van der Waals surface area contributed by atoms with Crippen LogP contribution in [0.5, 0.6) is 0 Å². The standard InChI is InChI=1S/C11H13O2/c1-11(2,8-10(12)13)9-6-4-3-5-7-9/h3-6H,8H2,1-2H3,(H,12,13). The van der Waals surface area contributed by atoms with Gasteiger partial charge in [0.05, 0.1) is 6.42 Å². The van der Waals surface area contributed by atoms with E-state index in [0.717, 1.165) is 5.56 Å². The molecule has 1 rings (SSSR count). The van der Waals surface area contributed by atoms with Gasteiger partial charge in [0.1, 0.15) is 0 Å². The highest BCUT2D eigenvalue weighted by Gasteiger charge is 2.23. The minimum absolute atomic E-state index is 0.132. The number of benzene rings is 1. The van der Waals surface area contributed by atoms with E-state index in [1.165, 1.54) is 0 Å². The van der Waals surface area contributed by atoms with Crippen LogP contribution in [0.4, 0.5) is 0 Å². The summed E-state index contributed by atoms with van der Waals surface area (Å²) in [5.41, 5.74) is 0.602. The first-order valence-corrected chi connectivity index (χ1v) is 4.21. The fourth-order valence-corrected chi connectivity index (χ4v) is 1.29. The molecule has 2 nitrogen and oxygen atoms in total. The van der Waals surface area contributed by atoms with Gasteiger partial charge in [0.25, 0.3) is 0 Å². The molecule has 0 unspecified atom stereocenters. The molecule has 13 heavy (non-hydrogen) atoms. The van der Waals surface area contributed by atoms with Crippen LogP contribution in [0.2, 0.25) is 0 Å². The number of aliphatic carboxylic acids is 1. The normalized spacial score (nSPS) is 11.2. The second kappa shape index (κ2) is 3.60. The lowest BCUT2D eigenvalue weighted by atomic mass is 9.82. The first kappa shape index (κ1) is 9.78. The molecule has 0 saturated heterocycles. The van der Waals surface area contributed by atoms with Gasteiger partial charge in [-0.05, 0) is 11.6 Å². The maximum Gasteiger partial charge on any atom is 0.304 e. The van der Waals surface area contributed by atoms with E-state index in [2.05, 4.69) is 6.07 Å². The smallest absolute Gasteiger partial charge is 0.304 e. The molecule has 1 aromatic carbocycles. The molecule has 0 aromatic heterocycles. The number of carbonyl (C=O) groups is 1. The number of carboxylic acids is 1. The van der Waals surface area contributed by atoms with Crippen LogP contribution in [-0.2, 0) is 10.2 Å². The zero-order valence-electron chi connectivity index (χ0n) is 7.87. The molecule has 0 atom stereocenters. The minimum atomic E-state index is -0.776. The lowest BCUT2D eigenvalue weighted by molar-refractivity contribution is -0.138. The van der Waals surface area contributed by atoms with Crippen molar-refractivity contribution in [1.82, 2.24) is 0 Å². The average molecular weight is 177 g/mol. The quantitative estimate of drug-likeness (QED) is 0.768. The molecule has 1 aromatic rings. The Morgan fingerprint density at radius 1 is 1.54 bits per heavy atom. The van der Waals surface area contributed by atoms with E-state index in [4.69, 9.17) is 5.11 Å². The molecule has 0 saturated carbocycles. The van der Waals surface area contributed by atoms with Crippen molar-refractivity contribution in [3.8, 4) is 0 Å². The SMILES string of the molecule is CC(C)(CC(=O)O)c1[c]cccc1. The van der Waals surface area contributed by atoms with Crippen molar-refractivity contribution in [3.63, 3.8) is 0 Å². The van der Waals surface area contributed by atoms with E-state index < -0.39 is 5.97 Å². The molecular weight excluding hydrogens is 164 g/mol. The van der Waals surface area contributed by atoms with E-state index >= 15 is 0 Å². The van der Waals surface area contributed by atoms with E-state index in [-0.39, 0.29) is 11.8 Å². The van der Waals surface area contributed by atoms with Crippen LogP contribution in [0.1, 0.15) is 25.8 Å². The number of hydrogen-bond donors (Lipinski definition) is 1. The van der Waals surface area contributed by atoms with E-state index in [0.29, 0.717) is 0 Å². The Bertz CT molecular complexity index is 288. The maximum absolute atomic E-state index is 10.6. The van der Waals surface area contributed by atoms with E-state index in [9.17, 15) is 4.79 Å². The summed E-state index contributed by atoms with van der Waals surface area (Å²) in [6.07, 6.45) is 0.132. The first-order valence-electron chi connectivity index (χ1n) is 4.21. The van der Waals surface area contributed by atoms with E-state index in [1.807, 2.05) is 32.0 Å². The molecule has 0 aliphatic rings. The molecule has 0 bridgehead atoms. The third-order valence-corrected chi connectivity index (χ3v) is 2.03. The Morgan fingerprint density at radius 2 is 2.23 bits per heavy atom. The molecule has 0 amide bonds. The summed E-state index contributed by atoms with van der Waals surface area (Å²) in [4.78, 5) is 10.6. The van der Waals surface area contributed by atoms with Gasteiger partial charge in [0.2, 0.25) is 0 Å². The predicted octanol–water partition coefficient (Wildman–Crippen LogP) is 2.24. The largest absolute Gasteiger partial charge is 0.481 e. The molecule has 69 valence electrons. The summed E-state index contributed by atoms with van der Waals surface area (Å²) < 4.78 is 0. The summed E-state index contributed by atoms with van der Waals surface area (Å²) in [5, 5.41) is 8.70. The third kappa shape index (κ3) is 2.58. The van der Waals surface area contributed by atoms with Gasteiger partial charge in [0.15, 0.2) is 0 Å². The summed E-state index contributed by atoms with van der Waals surface area (Å²) in [7, 11) is 0. The van der Waals surface area contributed by atoms with Crippen LogP contribution in [-0.4, -0.2) is 11.1 Å². The Hall–Kier alpha value is -1.31. The third-order valence-electron chi connectivity index (χ3n) is 2.03. The van der Waals surface area contributed by atoms with Gasteiger partial charge in [-0.15, -0.1) is 0 Å². The second-order valence-electron chi connectivity index (χ2n) is 3.73. The predicted molar refractivity (Wildman–Crippen MR) is 50.6 cm³/mol. The highest BCUT2D eigenvalue weighted by atomic mass is 16.4. The monoisotopic (exact) mass is 177 g/mol. The highest BCUT2D eigenvalue weighted by molar-refractivity contribution is 5.68. The Kier molecular flexibility index (Phi) is 2.71. The van der Waals surface area contributed by atoms with Gasteiger partial charge in [-0.2, -0.15) is 0 Å². The van der Waals surface area contributed by atoms with Crippen molar-refractivity contribution in [2.24, 2.45) is 0 Å². The Labute approximate surface area is 78.2 Å². The summed E-state index contributed by atoms with van der Waals surface area (Å²) in [5.74, 6) is -0.776. The van der Waals surface area contributed by atoms with Gasteiger partial charge in [-0.1, -0.05) is 38.1 Å². The number of hydrogen-bond acceptors (Lipinski definition) is 1. The molecule has 0 fully saturated rings. The van der Waals surface area contributed by atoms with Crippen molar-refractivity contribution in [1.29, 1.82) is 0 Å². The van der Waals surface area contributed by atoms with Crippen LogP contribution in [0.15, 0.2) is 24.3 Å². The fourth-order valence-electron chi connectivity index (χ4n) is 1.29. The highest BCUT2D eigenvalue weighted by Crippen LogP contribution is 2.25. The molecule has 0 heterocycles.